The van der Waals surface area contributed by atoms with Crippen molar-refractivity contribution >= 4 is 29.6 Å². The second kappa shape index (κ2) is 11.9. The minimum atomic E-state index is -0.646. The van der Waals surface area contributed by atoms with E-state index in [2.05, 4.69) is 16.7 Å². The lowest BCUT2D eigenvalue weighted by molar-refractivity contribution is -0.127. The fourth-order valence-corrected chi connectivity index (χ4v) is 4.88. The second-order valence-electron chi connectivity index (χ2n) is 10.0. The van der Waals surface area contributed by atoms with Crippen LogP contribution in [0.15, 0.2) is 84.6 Å². The van der Waals surface area contributed by atoms with E-state index < -0.39 is 24.4 Å². The summed E-state index contributed by atoms with van der Waals surface area (Å²) >= 11 is 0. The van der Waals surface area contributed by atoms with E-state index in [1.807, 2.05) is 92.1 Å². The maximum atomic E-state index is 13.0. The van der Waals surface area contributed by atoms with Gasteiger partial charge in [-0.1, -0.05) is 30.3 Å². The van der Waals surface area contributed by atoms with Crippen molar-refractivity contribution in [2.24, 2.45) is 0 Å². The summed E-state index contributed by atoms with van der Waals surface area (Å²) in [6, 6.07) is 25.6. The van der Waals surface area contributed by atoms with Gasteiger partial charge in [0.05, 0.1) is 11.6 Å². The quantitative estimate of drug-likeness (QED) is 0.222. The third-order valence-corrected chi connectivity index (χ3v) is 6.96. The van der Waals surface area contributed by atoms with Crippen LogP contribution in [0, 0.1) is 32.1 Å². The molecule has 4 aromatic rings. The molecular formula is C33H29N5O4. The van der Waals surface area contributed by atoms with E-state index in [1.165, 1.54) is 0 Å². The number of nitrogens with one attached hydrogen (secondary N) is 2. The van der Waals surface area contributed by atoms with Crippen LogP contribution in [-0.2, 0) is 16.2 Å². The van der Waals surface area contributed by atoms with Crippen molar-refractivity contribution < 1.29 is 19.1 Å². The van der Waals surface area contributed by atoms with Crippen molar-refractivity contribution in [3.63, 3.8) is 0 Å². The van der Waals surface area contributed by atoms with Crippen molar-refractivity contribution in [2.75, 3.05) is 11.9 Å². The molecule has 0 spiro atoms. The van der Waals surface area contributed by atoms with Gasteiger partial charge in [-0.15, -0.1) is 0 Å². The highest BCUT2D eigenvalue weighted by Crippen LogP contribution is 2.26. The first-order valence-corrected chi connectivity index (χ1v) is 13.3. The zero-order valence-electron chi connectivity index (χ0n) is 23.5. The third-order valence-electron chi connectivity index (χ3n) is 6.96. The van der Waals surface area contributed by atoms with Crippen molar-refractivity contribution in [1.29, 1.82) is 5.26 Å². The topological polar surface area (TPSA) is 116 Å². The number of urea groups is 1. The van der Waals surface area contributed by atoms with E-state index in [4.69, 9.17) is 4.74 Å². The van der Waals surface area contributed by atoms with Gasteiger partial charge in [0, 0.05) is 28.3 Å². The van der Waals surface area contributed by atoms with Crippen LogP contribution in [0.5, 0.6) is 5.75 Å². The highest BCUT2D eigenvalue weighted by molar-refractivity contribution is 6.16. The summed E-state index contributed by atoms with van der Waals surface area (Å²) in [7, 11) is 0. The van der Waals surface area contributed by atoms with Gasteiger partial charge in [0.1, 0.15) is 24.6 Å². The molecule has 2 N–H and O–H groups in total. The normalized spacial score (nSPS) is 13.7. The Morgan fingerprint density at radius 3 is 2.50 bits per heavy atom. The lowest BCUT2D eigenvalue weighted by Gasteiger charge is -2.12. The van der Waals surface area contributed by atoms with Crippen LogP contribution in [0.1, 0.15) is 33.6 Å². The molecule has 1 fully saturated rings. The summed E-state index contributed by atoms with van der Waals surface area (Å²) < 4.78 is 7.93. The van der Waals surface area contributed by atoms with E-state index in [1.54, 1.807) is 18.2 Å². The van der Waals surface area contributed by atoms with E-state index in [0.29, 0.717) is 17.0 Å². The minimum absolute atomic E-state index is 0.102. The lowest BCUT2D eigenvalue weighted by atomic mass is 10.1. The molecule has 210 valence electrons. The van der Waals surface area contributed by atoms with Gasteiger partial charge in [-0.25, -0.2) is 9.69 Å². The molecule has 1 aliphatic rings. The number of carbonyl (C=O) groups is 3. The molecule has 4 amide bonds. The average Bonchev–Trinajstić information content (AvgIpc) is 3.40. The summed E-state index contributed by atoms with van der Waals surface area (Å²) in [5.41, 5.74) is 6.54. The summed E-state index contributed by atoms with van der Waals surface area (Å²) in [5.74, 6) is -0.365. The SMILES string of the molecule is Cc1cccc(NC(=O)CN2C(=O)N/C(=C/c3cc(C)n(-c4ccc(OCc5ccccc5C#N)cc4)c3C)C2=O)c1. The van der Waals surface area contributed by atoms with Gasteiger partial charge in [-0.3, -0.25) is 9.59 Å². The number of ether oxygens (including phenoxy) is 1. The number of benzene rings is 3. The summed E-state index contributed by atoms with van der Waals surface area (Å²) in [5, 5.41) is 14.6. The lowest BCUT2D eigenvalue weighted by Crippen LogP contribution is -2.38. The Bertz CT molecular complexity index is 1760. The van der Waals surface area contributed by atoms with Crippen molar-refractivity contribution in [3.05, 3.63) is 118 Å². The standard InChI is InChI=1S/C33H29N5O4/c1-21-7-6-10-27(15-21)35-31(39)19-37-32(40)30(36-33(37)41)17-26-16-22(2)38(23(26)3)28-11-13-29(14-12-28)42-20-25-9-5-4-8-24(25)18-34/h4-17H,19-20H2,1-3H3,(H,35,39)(H,36,41)/b30-17+. The molecular weight excluding hydrogens is 530 g/mol. The van der Waals surface area contributed by atoms with E-state index >= 15 is 0 Å². The molecule has 3 aromatic carbocycles. The van der Waals surface area contributed by atoms with Gasteiger partial charge in [-0.2, -0.15) is 5.26 Å². The van der Waals surface area contributed by atoms with E-state index in [-0.39, 0.29) is 12.3 Å². The van der Waals surface area contributed by atoms with Crippen LogP contribution < -0.4 is 15.4 Å². The first-order valence-electron chi connectivity index (χ1n) is 13.3. The minimum Gasteiger partial charge on any atom is -0.489 e. The zero-order chi connectivity index (χ0) is 29.8. The van der Waals surface area contributed by atoms with Crippen LogP contribution in [0.2, 0.25) is 0 Å². The molecule has 1 saturated heterocycles. The Labute approximate surface area is 243 Å². The van der Waals surface area contributed by atoms with Crippen molar-refractivity contribution in [3.8, 4) is 17.5 Å². The van der Waals surface area contributed by atoms with Crippen LogP contribution >= 0.6 is 0 Å². The number of hydrogen-bond donors (Lipinski definition) is 2. The fourth-order valence-electron chi connectivity index (χ4n) is 4.88. The number of amides is 4. The highest BCUT2D eigenvalue weighted by atomic mass is 16.5. The molecule has 9 nitrogen and oxygen atoms in total. The van der Waals surface area contributed by atoms with Crippen molar-refractivity contribution in [1.82, 2.24) is 14.8 Å². The van der Waals surface area contributed by atoms with Gasteiger partial charge in [-0.05, 0) is 86.5 Å². The predicted molar refractivity (Wildman–Crippen MR) is 159 cm³/mol. The van der Waals surface area contributed by atoms with Gasteiger partial charge in [0.25, 0.3) is 5.91 Å². The van der Waals surface area contributed by atoms with Crippen LogP contribution in [0.3, 0.4) is 0 Å². The molecule has 5 rings (SSSR count). The third kappa shape index (κ3) is 5.93. The van der Waals surface area contributed by atoms with E-state index in [0.717, 1.165) is 38.7 Å². The second-order valence-corrected chi connectivity index (χ2v) is 10.0. The number of aryl methyl sites for hydroxylation is 2. The van der Waals surface area contributed by atoms with Gasteiger partial charge < -0.3 is 19.9 Å². The maximum absolute atomic E-state index is 13.0. The molecule has 2 heterocycles. The van der Waals surface area contributed by atoms with Gasteiger partial charge in [0.2, 0.25) is 5.91 Å². The summed E-state index contributed by atoms with van der Waals surface area (Å²) in [4.78, 5) is 39.0. The van der Waals surface area contributed by atoms with E-state index in [9.17, 15) is 19.6 Å². The molecule has 0 bridgehead atoms. The number of nitrogens with zero attached hydrogens (tertiary/aromatic N) is 3. The maximum Gasteiger partial charge on any atom is 0.329 e. The predicted octanol–water partition coefficient (Wildman–Crippen LogP) is 5.38. The number of carbonyl (C=O) groups excluding carboxylic acids is 3. The van der Waals surface area contributed by atoms with Crippen LogP contribution in [0.4, 0.5) is 10.5 Å². The molecule has 0 saturated carbocycles. The number of hydrogen-bond acceptors (Lipinski definition) is 5. The summed E-state index contributed by atoms with van der Waals surface area (Å²) in [6.45, 7) is 5.68. The number of nitriles is 1. The summed E-state index contributed by atoms with van der Waals surface area (Å²) in [6.07, 6.45) is 1.63. The van der Waals surface area contributed by atoms with Crippen LogP contribution in [0.25, 0.3) is 11.8 Å². The Balaban J connectivity index is 1.28. The molecule has 0 radical (unpaired) electrons. The van der Waals surface area contributed by atoms with Gasteiger partial charge >= 0.3 is 6.03 Å². The highest BCUT2D eigenvalue weighted by Gasteiger charge is 2.35. The molecule has 42 heavy (non-hydrogen) atoms. The average molecular weight is 560 g/mol. The Kier molecular flexibility index (Phi) is 7.89. The zero-order valence-corrected chi connectivity index (χ0v) is 23.5. The molecule has 0 atom stereocenters. The Morgan fingerprint density at radius 2 is 1.76 bits per heavy atom. The largest absolute Gasteiger partial charge is 0.489 e. The number of aromatic nitrogens is 1. The molecule has 1 aromatic heterocycles. The number of rotatable bonds is 8. The van der Waals surface area contributed by atoms with Crippen molar-refractivity contribution in [2.45, 2.75) is 27.4 Å². The first kappa shape index (κ1) is 27.9. The molecule has 0 unspecified atom stereocenters. The molecule has 0 aliphatic carbocycles. The number of imide groups is 1. The molecule has 9 heteroatoms. The monoisotopic (exact) mass is 559 g/mol. The van der Waals surface area contributed by atoms with Crippen LogP contribution in [-0.4, -0.2) is 33.9 Å². The molecule has 1 aliphatic heterocycles. The Hall–Kier alpha value is -5.62. The van der Waals surface area contributed by atoms with Gasteiger partial charge in [0.15, 0.2) is 0 Å². The number of anilines is 1. The first-order chi connectivity index (χ1) is 20.2. The fraction of sp³-hybridized carbons (Fsp3) is 0.152. The smallest absolute Gasteiger partial charge is 0.329 e. The Morgan fingerprint density at radius 1 is 1.00 bits per heavy atom.